The molecule has 0 aliphatic heterocycles. The lowest BCUT2D eigenvalue weighted by molar-refractivity contribution is 0.665. The molecule has 8 heteroatoms. The van der Waals surface area contributed by atoms with Gasteiger partial charge in [-0.05, 0) is 165 Å². The second kappa shape index (κ2) is 31.4. The van der Waals surface area contributed by atoms with Crippen LogP contribution in [0.2, 0.25) is 0 Å². The molecule has 23 aromatic rings. The van der Waals surface area contributed by atoms with E-state index in [2.05, 4.69) is 388 Å². The van der Waals surface area contributed by atoms with Crippen molar-refractivity contribution in [2.45, 2.75) is 10.8 Å². The van der Waals surface area contributed by atoms with Gasteiger partial charge in [0.25, 0.3) is 0 Å². The summed E-state index contributed by atoms with van der Waals surface area (Å²) in [7, 11) is 0. The second-order valence-electron chi connectivity index (χ2n) is 32.9. The summed E-state index contributed by atoms with van der Waals surface area (Å²) in [6.45, 7) is 0. The van der Waals surface area contributed by atoms with Crippen molar-refractivity contribution in [1.29, 1.82) is 0 Å². The number of rotatable bonds is 14. The maximum absolute atomic E-state index is 6.74. The molecule has 0 atom stereocenters. The topological polar surface area (TPSA) is 90.5 Å². The first kappa shape index (κ1) is 75.2. The fraction of sp³-hybridized carbons (Fsp3) is 0.0167. The van der Waals surface area contributed by atoms with Crippen LogP contribution in [0.3, 0.4) is 0 Å². The highest BCUT2D eigenvalue weighted by Crippen LogP contribution is 2.59. The van der Waals surface area contributed by atoms with E-state index in [0.29, 0.717) is 34.9 Å². The fourth-order valence-electron chi connectivity index (χ4n) is 20.1. The Morgan fingerprint density at radius 2 is 0.539 bits per heavy atom. The van der Waals surface area contributed by atoms with Crippen LogP contribution in [0.4, 0.5) is 0 Å². The molecule has 25 rings (SSSR count). The third-order valence-electron chi connectivity index (χ3n) is 25.9. The van der Waals surface area contributed by atoms with E-state index in [9.17, 15) is 0 Å². The van der Waals surface area contributed by atoms with E-state index in [-0.39, 0.29) is 0 Å². The van der Waals surface area contributed by atoms with E-state index in [4.69, 9.17) is 34.3 Å². The van der Waals surface area contributed by atoms with E-state index in [1.165, 1.54) is 92.5 Å². The van der Waals surface area contributed by atoms with Crippen molar-refractivity contribution in [3.63, 3.8) is 0 Å². The molecule has 0 N–H and O–H groups in total. The normalized spacial score (nSPS) is 12.7. The molecule has 4 heterocycles. The third kappa shape index (κ3) is 12.6. The van der Waals surface area contributed by atoms with Gasteiger partial charge in [-0.15, -0.1) is 11.3 Å². The zero-order chi connectivity index (χ0) is 84.6. The Hall–Kier alpha value is -16.5. The van der Waals surface area contributed by atoms with Crippen molar-refractivity contribution in [2.24, 2.45) is 0 Å². The quantitative estimate of drug-likeness (QED) is 0.107. The molecule has 2 aliphatic carbocycles. The van der Waals surface area contributed by atoms with Crippen LogP contribution in [0.1, 0.15) is 44.5 Å². The lowest BCUT2D eigenvalue weighted by atomic mass is 9.67. The summed E-state index contributed by atoms with van der Waals surface area (Å²) in [6.07, 6.45) is 0. The molecule has 0 saturated heterocycles. The first-order valence-electron chi connectivity index (χ1n) is 43.4. The minimum absolute atomic E-state index is 0.467. The third-order valence-corrected chi connectivity index (χ3v) is 27.0. The summed E-state index contributed by atoms with van der Waals surface area (Å²) in [6, 6.07) is 165. The number of aromatic nitrogens is 6. The van der Waals surface area contributed by atoms with Gasteiger partial charge in [0.05, 0.1) is 10.8 Å². The Bertz CT molecular complexity index is 8090. The van der Waals surface area contributed by atoms with Crippen LogP contribution in [-0.4, -0.2) is 29.9 Å². The van der Waals surface area contributed by atoms with Gasteiger partial charge in [-0.3, -0.25) is 0 Å². The van der Waals surface area contributed by atoms with Crippen LogP contribution in [0.15, 0.2) is 465 Å². The zero-order valence-electron chi connectivity index (χ0n) is 69.4. The Morgan fingerprint density at radius 1 is 0.172 bits per heavy atom. The van der Waals surface area contributed by atoms with Crippen molar-refractivity contribution in [3.05, 3.63) is 506 Å². The summed E-state index contributed by atoms with van der Waals surface area (Å²) in [5.41, 5.74) is 30.7. The molecule has 0 spiro atoms. The number of nitrogens with zero attached hydrogens (tertiary/aromatic N) is 6. The minimum atomic E-state index is -0.490. The number of fused-ring (bicyclic) bond motifs is 13. The molecule has 0 unspecified atom stereocenters. The van der Waals surface area contributed by atoms with Crippen LogP contribution < -0.4 is 0 Å². The first-order chi connectivity index (χ1) is 63.4. The van der Waals surface area contributed by atoms with Gasteiger partial charge in [0, 0.05) is 64.3 Å². The molecule has 19 aromatic carbocycles. The Morgan fingerprint density at radius 3 is 1.09 bits per heavy atom. The predicted octanol–water partition coefficient (Wildman–Crippen LogP) is 30.6. The van der Waals surface area contributed by atoms with Gasteiger partial charge in [-0.25, -0.2) is 29.9 Å². The Balaban J connectivity index is 0.000000144. The van der Waals surface area contributed by atoms with Crippen molar-refractivity contribution >= 4 is 64.2 Å². The number of hydrogen-bond donors (Lipinski definition) is 0. The van der Waals surface area contributed by atoms with Crippen LogP contribution in [-0.2, 0) is 10.8 Å². The Kier molecular flexibility index (Phi) is 18.4. The molecular formula is C120H76N6OS. The minimum Gasteiger partial charge on any atom is -0.456 e. The highest BCUT2D eigenvalue weighted by atomic mass is 32.1. The molecule has 0 bridgehead atoms. The van der Waals surface area contributed by atoms with Gasteiger partial charge >= 0.3 is 0 Å². The van der Waals surface area contributed by atoms with E-state index in [0.717, 1.165) is 105 Å². The van der Waals surface area contributed by atoms with Gasteiger partial charge in [-0.2, -0.15) is 0 Å². The summed E-state index contributed by atoms with van der Waals surface area (Å²) >= 11 is 1.86. The SMILES string of the molecule is c1ccc(-c2ccc(-c3nc(-c4cccc(-c5ccccc5)c4)nc(-c4ccccc4-c4cccc5sc6cc(C7(c8ccccc8)c8ccccc8-c8ccccc87)ccc6c45)n3)cc2)cc1.c1ccc(-c2nc(-c3ccccc3)nc(-c3ccc(-c4ccc5oc6cc(C7(c8ccccc8)c8ccccc8-c8ccccc87)ccc6c5c4)c4ccccc34)n2)cc1. The highest BCUT2D eigenvalue weighted by Gasteiger charge is 2.48. The van der Waals surface area contributed by atoms with Crippen LogP contribution in [0.5, 0.6) is 0 Å². The lowest BCUT2D eigenvalue weighted by Gasteiger charge is -2.33. The summed E-state index contributed by atoms with van der Waals surface area (Å²) in [5, 5.41) is 6.83. The largest absolute Gasteiger partial charge is 0.456 e. The average Bonchev–Trinajstić information content (AvgIpc) is 1.54. The molecule has 0 saturated carbocycles. The molecule has 128 heavy (non-hydrogen) atoms. The van der Waals surface area contributed by atoms with Crippen molar-refractivity contribution < 1.29 is 4.42 Å². The monoisotopic (exact) mass is 1650 g/mol. The molecule has 0 radical (unpaired) electrons. The maximum Gasteiger partial charge on any atom is 0.164 e. The van der Waals surface area contributed by atoms with Crippen molar-refractivity contribution in [2.75, 3.05) is 0 Å². The summed E-state index contributed by atoms with van der Waals surface area (Å²) < 4.78 is 9.22. The molecule has 0 fully saturated rings. The molecule has 598 valence electrons. The maximum atomic E-state index is 6.74. The molecule has 4 aromatic heterocycles. The zero-order valence-corrected chi connectivity index (χ0v) is 70.2. The van der Waals surface area contributed by atoms with E-state index in [1.807, 2.05) is 84.1 Å². The van der Waals surface area contributed by atoms with E-state index in [1.54, 1.807) is 0 Å². The highest BCUT2D eigenvalue weighted by molar-refractivity contribution is 7.26. The van der Waals surface area contributed by atoms with Gasteiger partial charge in [0.2, 0.25) is 0 Å². The molecular weight excluding hydrogens is 1570 g/mol. The molecule has 7 nitrogen and oxygen atoms in total. The summed E-state index contributed by atoms with van der Waals surface area (Å²) in [5.74, 6) is 3.80. The van der Waals surface area contributed by atoms with Crippen LogP contribution >= 0.6 is 11.3 Å². The number of thiophene rings is 1. The van der Waals surface area contributed by atoms with Gasteiger partial charge < -0.3 is 4.42 Å². The summed E-state index contributed by atoms with van der Waals surface area (Å²) in [4.78, 5) is 30.9. The number of furan rings is 1. The number of benzene rings is 19. The standard InChI is InChI=1S/C64H41N3S.C56H35N3O/c1-4-18-42(19-5-1)44-34-36-45(37-35-44)61-65-62(47-23-16-22-46(40-47)43-20-6-2-7-21-43)67-63(66-61)54-29-11-10-26-50(54)53-30-17-33-58-60(53)55-39-38-49(41-59(55)68-58)64(48-24-8-3-9-25-48)56-31-14-12-27-51(56)52-28-13-15-32-57(52)64;1-4-16-36(17-5-1)53-57-54(37-18-6-2-7-19-37)59-55(58-53)47-32-31-41(42-22-10-11-23-43(42)47)38-28-33-51-48(34-38)46-30-29-40(35-52(46)60-51)56(39-20-8-3-9-21-39)49-26-14-12-24-44(49)45-25-13-15-27-50(45)56/h1-41H;1-35H. The predicted molar refractivity (Wildman–Crippen MR) is 526 cm³/mol. The Labute approximate surface area is 744 Å². The van der Waals surface area contributed by atoms with Crippen molar-refractivity contribution in [1.82, 2.24) is 29.9 Å². The first-order valence-corrected chi connectivity index (χ1v) is 44.3. The van der Waals surface area contributed by atoms with Gasteiger partial charge in [0.15, 0.2) is 34.9 Å². The van der Waals surface area contributed by atoms with E-state index < -0.39 is 10.8 Å². The number of hydrogen-bond acceptors (Lipinski definition) is 8. The van der Waals surface area contributed by atoms with Crippen molar-refractivity contribution in [3.8, 4) is 135 Å². The van der Waals surface area contributed by atoms with Gasteiger partial charge in [0.1, 0.15) is 11.2 Å². The van der Waals surface area contributed by atoms with Gasteiger partial charge in [-0.1, -0.05) is 419 Å². The second-order valence-corrected chi connectivity index (χ2v) is 34.0. The van der Waals surface area contributed by atoms with Crippen LogP contribution in [0, 0.1) is 0 Å². The average molecular weight is 1650 g/mol. The lowest BCUT2D eigenvalue weighted by Crippen LogP contribution is -2.28. The fourth-order valence-corrected chi connectivity index (χ4v) is 21.3. The molecule has 0 amide bonds. The van der Waals surface area contributed by atoms with Crippen LogP contribution in [0.25, 0.3) is 188 Å². The molecule has 2 aliphatic rings. The smallest absolute Gasteiger partial charge is 0.164 e. The van der Waals surface area contributed by atoms with E-state index >= 15 is 0 Å².